The van der Waals surface area contributed by atoms with Gasteiger partial charge in [0.1, 0.15) is 0 Å². The number of nitrogens with zero attached hydrogens (tertiary/aromatic N) is 1. The first-order chi connectivity index (χ1) is 9.31. The minimum atomic E-state index is -1.05. The van der Waals surface area contributed by atoms with E-state index in [4.69, 9.17) is 5.11 Å². The molecule has 6 heteroatoms. The van der Waals surface area contributed by atoms with Gasteiger partial charge in [0.25, 0.3) is 0 Å². The summed E-state index contributed by atoms with van der Waals surface area (Å²) in [7, 11) is 0. The van der Waals surface area contributed by atoms with Crippen LogP contribution in [0.25, 0.3) is 0 Å². The van der Waals surface area contributed by atoms with Crippen LogP contribution in [-0.4, -0.2) is 40.5 Å². The summed E-state index contributed by atoms with van der Waals surface area (Å²) >= 11 is 0. The van der Waals surface area contributed by atoms with Crippen LogP contribution in [0.4, 0.5) is 4.79 Å². The topological polar surface area (TPSA) is 86.7 Å². The molecule has 0 saturated carbocycles. The van der Waals surface area contributed by atoms with Gasteiger partial charge in [0.2, 0.25) is 5.91 Å². The van der Waals surface area contributed by atoms with Gasteiger partial charge in [-0.15, -0.1) is 0 Å². The smallest absolute Gasteiger partial charge is 0.324 e. The van der Waals surface area contributed by atoms with Crippen LogP contribution in [0.1, 0.15) is 53.4 Å². The summed E-state index contributed by atoms with van der Waals surface area (Å²) in [5, 5.41) is 10.8. The molecule has 0 bridgehead atoms. The molecule has 2 N–H and O–H groups in total. The van der Waals surface area contributed by atoms with Crippen LogP contribution in [0.15, 0.2) is 0 Å². The number of rotatable bonds is 8. The second kappa shape index (κ2) is 9.34. The Labute approximate surface area is 120 Å². The van der Waals surface area contributed by atoms with Crippen molar-refractivity contribution in [2.75, 3.05) is 6.54 Å². The number of aliphatic carboxylic acids is 1. The number of urea groups is 1. The minimum absolute atomic E-state index is 0.0877. The Bertz CT molecular complexity index is 338. The molecule has 0 aliphatic heterocycles. The van der Waals surface area contributed by atoms with Crippen LogP contribution in [0.2, 0.25) is 0 Å². The van der Waals surface area contributed by atoms with Crippen molar-refractivity contribution in [1.82, 2.24) is 10.2 Å². The highest BCUT2D eigenvalue weighted by Gasteiger charge is 2.23. The van der Waals surface area contributed by atoms with Crippen LogP contribution >= 0.6 is 0 Å². The van der Waals surface area contributed by atoms with Gasteiger partial charge < -0.3 is 10.0 Å². The summed E-state index contributed by atoms with van der Waals surface area (Å²) in [5.41, 5.74) is 0. The number of imide groups is 1. The van der Waals surface area contributed by atoms with Crippen LogP contribution in [0, 0.1) is 5.92 Å². The molecule has 0 aromatic rings. The fourth-order valence-electron chi connectivity index (χ4n) is 1.99. The lowest BCUT2D eigenvalue weighted by Crippen LogP contribution is -2.49. The molecule has 0 aliphatic carbocycles. The van der Waals surface area contributed by atoms with E-state index in [-0.39, 0.29) is 18.9 Å². The Morgan fingerprint density at radius 3 is 2.05 bits per heavy atom. The average Bonchev–Trinajstić information content (AvgIpc) is 2.36. The third kappa shape index (κ3) is 7.11. The van der Waals surface area contributed by atoms with Crippen molar-refractivity contribution in [3.8, 4) is 0 Å². The highest BCUT2D eigenvalue weighted by molar-refractivity contribution is 5.95. The lowest BCUT2D eigenvalue weighted by atomic mass is 10.1. The molecule has 3 amide bonds. The zero-order valence-electron chi connectivity index (χ0n) is 12.8. The number of hydrogen-bond acceptors (Lipinski definition) is 3. The number of nitrogens with one attached hydrogen (secondary N) is 1. The third-order valence-corrected chi connectivity index (χ3v) is 3.02. The number of carboxylic acid groups (broad SMARTS) is 1. The second-order valence-electron chi connectivity index (χ2n) is 5.26. The van der Waals surface area contributed by atoms with Crippen molar-refractivity contribution >= 4 is 17.9 Å². The summed E-state index contributed by atoms with van der Waals surface area (Å²) in [6, 6.07) is -0.340. The van der Waals surface area contributed by atoms with E-state index < -0.39 is 17.9 Å². The fraction of sp³-hybridized carbons (Fsp3) is 0.786. The van der Waals surface area contributed by atoms with Crippen molar-refractivity contribution in [2.45, 2.75) is 59.4 Å². The summed E-state index contributed by atoms with van der Waals surface area (Å²) < 4.78 is 0. The van der Waals surface area contributed by atoms with Crippen LogP contribution in [-0.2, 0) is 9.59 Å². The molecule has 0 aromatic carbocycles. The molecular weight excluding hydrogens is 260 g/mol. The summed E-state index contributed by atoms with van der Waals surface area (Å²) in [6.07, 6.45) is 1.19. The van der Waals surface area contributed by atoms with Gasteiger partial charge in [0.15, 0.2) is 0 Å². The minimum Gasteiger partial charge on any atom is -0.481 e. The van der Waals surface area contributed by atoms with E-state index in [1.807, 2.05) is 27.7 Å². The van der Waals surface area contributed by atoms with Crippen molar-refractivity contribution < 1.29 is 19.5 Å². The van der Waals surface area contributed by atoms with Crippen molar-refractivity contribution in [2.24, 2.45) is 5.92 Å². The average molecular weight is 286 g/mol. The predicted molar refractivity (Wildman–Crippen MR) is 76.3 cm³/mol. The molecule has 0 saturated heterocycles. The number of amides is 3. The predicted octanol–water partition coefficient (Wildman–Crippen LogP) is 2.23. The van der Waals surface area contributed by atoms with E-state index in [0.29, 0.717) is 12.5 Å². The van der Waals surface area contributed by atoms with Gasteiger partial charge in [-0.1, -0.05) is 27.7 Å². The first-order valence-corrected chi connectivity index (χ1v) is 7.13. The SMILES string of the molecule is CCC(CC)N(CC(C)C)C(=O)NC(=O)CCC(=O)O. The maximum Gasteiger partial charge on any atom is 0.324 e. The highest BCUT2D eigenvalue weighted by atomic mass is 16.4. The number of carbonyl (C=O) groups is 3. The lowest BCUT2D eigenvalue weighted by Gasteiger charge is -2.31. The molecular formula is C14H26N2O4. The van der Waals surface area contributed by atoms with Crippen molar-refractivity contribution in [3.63, 3.8) is 0 Å². The lowest BCUT2D eigenvalue weighted by molar-refractivity contribution is -0.138. The molecule has 116 valence electrons. The van der Waals surface area contributed by atoms with E-state index in [9.17, 15) is 14.4 Å². The third-order valence-electron chi connectivity index (χ3n) is 3.02. The standard InChI is InChI=1S/C14H26N2O4/c1-5-11(6-2)16(9-10(3)4)14(20)15-12(17)7-8-13(18)19/h10-11H,5-9H2,1-4H3,(H,18,19)(H,15,17,20). The van der Waals surface area contributed by atoms with Crippen LogP contribution in [0.5, 0.6) is 0 Å². The Morgan fingerprint density at radius 1 is 1.10 bits per heavy atom. The monoisotopic (exact) mass is 286 g/mol. The quantitative estimate of drug-likeness (QED) is 0.716. The number of carbonyl (C=O) groups excluding carboxylic acids is 2. The number of hydrogen-bond donors (Lipinski definition) is 2. The van der Waals surface area contributed by atoms with Gasteiger partial charge >= 0.3 is 12.0 Å². The summed E-state index contributed by atoms with van der Waals surface area (Å²) in [5.74, 6) is -1.29. The van der Waals surface area contributed by atoms with Gasteiger partial charge in [-0.3, -0.25) is 14.9 Å². The van der Waals surface area contributed by atoms with E-state index in [1.165, 1.54) is 0 Å². The van der Waals surface area contributed by atoms with Gasteiger partial charge in [0.05, 0.1) is 6.42 Å². The largest absolute Gasteiger partial charge is 0.481 e. The molecule has 0 atom stereocenters. The molecule has 0 aromatic heterocycles. The van der Waals surface area contributed by atoms with Gasteiger partial charge in [-0.2, -0.15) is 0 Å². The van der Waals surface area contributed by atoms with Gasteiger partial charge in [0, 0.05) is 19.0 Å². The maximum absolute atomic E-state index is 12.1. The maximum atomic E-state index is 12.1. The normalized spacial score (nSPS) is 10.7. The van der Waals surface area contributed by atoms with Gasteiger partial charge in [-0.05, 0) is 18.8 Å². The van der Waals surface area contributed by atoms with Crippen LogP contribution in [0.3, 0.4) is 0 Å². The molecule has 0 aliphatic rings. The van der Waals surface area contributed by atoms with E-state index in [2.05, 4.69) is 5.32 Å². The molecule has 0 rings (SSSR count). The van der Waals surface area contributed by atoms with Crippen LogP contribution < -0.4 is 5.32 Å². The molecule has 0 unspecified atom stereocenters. The zero-order chi connectivity index (χ0) is 15.7. The molecule has 6 nitrogen and oxygen atoms in total. The Hall–Kier alpha value is -1.59. The Kier molecular flexibility index (Phi) is 8.59. The second-order valence-corrected chi connectivity index (χ2v) is 5.26. The van der Waals surface area contributed by atoms with Gasteiger partial charge in [-0.25, -0.2) is 4.79 Å². The highest BCUT2D eigenvalue weighted by Crippen LogP contribution is 2.11. The molecule has 0 fully saturated rings. The summed E-state index contributed by atoms with van der Waals surface area (Å²) in [6.45, 7) is 8.59. The first-order valence-electron chi connectivity index (χ1n) is 7.13. The Morgan fingerprint density at radius 2 is 1.65 bits per heavy atom. The molecule has 0 radical (unpaired) electrons. The Balaban J connectivity index is 4.61. The van der Waals surface area contributed by atoms with E-state index in [0.717, 1.165) is 12.8 Å². The zero-order valence-corrected chi connectivity index (χ0v) is 12.8. The van der Waals surface area contributed by atoms with Crippen molar-refractivity contribution in [1.29, 1.82) is 0 Å². The van der Waals surface area contributed by atoms with E-state index >= 15 is 0 Å². The fourth-order valence-corrected chi connectivity index (χ4v) is 1.99. The van der Waals surface area contributed by atoms with Crippen molar-refractivity contribution in [3.05, 3.63) is 0 Å². The molecule has 0 heterocycles. The summed E-state index contributed by atoms with van der Waals surface area (Å²) in [4.78, 5) is 35.7. The molecule has 20 heavy (non-hydrogen) atoms. The number of carboxylic acids is 1. The first kappa shape index (κ1) is 18.4. The van der Waals surface area contributed by atoms with E-state index in [1.54, 1.807) is 4.90 Å². The molecule has 0 spiro atoms.